The fourth-order valence-corrected chi connectivity index (χ4v) is 6.57. The molecule has 1 amide bonds. The summed E-state index contributed by atoms with van der Waals surface area (Å²) in [6.45, 7) is 1.73. The number of benzene rings is 1. The quantitative estimate of drug-likeness (QED) is 0.407. The van der Waals surface area contributed by atoms with Crippen LogP contribution in [0.5, 0.6) is 0 Å². The molecule has 150 valence electrons. The lowest BCUT2D eigenvalue weighted by Crippen LogP contribution is -2.48. The molecule has 0 heterocycles. The second-order valence-electron chi connectivity index (χ2n) is 8.97. The number of rotatable bonds is 4. The molecule has 4 fully saturated rings. The molecule has 5 rings (SSSR count). The van der Waals surface area contributed by atoms with Gasteiger partial charge in [-0.05, 0) is 92.5 Å². The summed E-state index contributed by atoms with van der Waals surface area (Å²) in [5, 5.41) is 16.9. The lowest BCUT2D eigenvalue weighted by molar-refractivity contribution is -0.384. The number of thiocarbonyl (C=S) groups is 1. The maximum absolute atomic E-state index is 12.7. The van der Waals surface area contributed by atoms with Crippen molar-refractivity contribution in [3.8, 4) is 0 Å². The smallest absolute Gasteiger partial charge is 0.288 e. The van der Waals surface area contributed by atoms with Gasteiger partial charge in [-0.3, -0.25) is 14.9 Å². The summed E-state index contributed by atoms with van der Waals surface area (Å²) in [5.74, 6) is 2.35. The highest BCUT2D eigenvalue weighted by atomic mass is 35.5. The summed E-state index contributed by atoms with van der Waals surface area (Å²) >= 11 is 11.3. The molecule has 1 aromatic rings. The fraction of sp³-hybridized carbons (Fsp3) is 0.600. The van der Waals surface area contributed by atoms with Gasteiger partial charge in [-0.1, -0.05) is 11.6 Å². The minimum absolute atomic E-state index is 0.0285. The average Bonchev–Trinajstić information content (AvgIpc) is 2.55. The van der Waals surface area contributed by atoms with Crippen molar-refractivity contribution >= 4 is 46.2 Å². The topological polar surface area (TPSA) is 84.3 Å². The van der Waals surface area contributed by atoms with Crippen molar-refractivity contribution in [2.45, 2.75) is 51.9 Å². The lowest BCUT2D eigenvalue weighted by Gasteiger charge is -2.56. The van der Waals surface area contributed by atoms with Crippen molar-refractivity contribution in [2.75, 3.05) is 5.32 Å². The van der Waals surface area contributed by atoms with Gasteiger partial charge in [-0.2, -0.15) is 0 Å². The second-order valence-corrected chi connectivity index (χ2v) is 9.79. The third-order valence-electron chi connectivity index (χ3n) is 6.69. The Morgan fingerprint density at radius 2 is 1.82 bits per heavy atom. The maximum atomic E-state index is 12.7. The predicted molar refractivity (Wildman–Crippen MR) is 112 cm³/mol. The van der Waals surface area contributed by atoms with Gasteiger partial charge >= 0.3 is 0 Å². The van der Waals surface area contributed by atoms with Gasteiger partial charge in [0, 0.05) is 18.2 Å². The Bertz CT molecular complexity index is 822. The number of carbonyl (C=O) groups excluding carboxylic acids is 1. The lowest BCUT2D eigenvalue weighted by atomic mass is 9.49. The van der Waals surface area contributed by atoms with E-state index in [0.29, 0.717) is 17.7 Å². The Hall–Kier alpha value is -1.73. The molecular weight excluding hydrogens is 398 g/mol. The molecule has 6 nitrogen and oxygen atoms in total. The first-order valence-corrected chi connectivity index (χ1v) is 10.6. The van der Waals surface area contributed by atoms with Gasteiger partial charge in [0.2, 0.25) is 5.91 Å². The number of nitro benzene ring substituents is 1. The minimum atomic E-state index is -0.523. The maximum Gasteiger partial charge on any atom is 0.288 e. The molecule has 0 unspecified atom stereocenters. The number of amides is 1. The van der Waals surface area contributed by atoms with Crippen molar-refractivity contribution in [1.82, 2.24) is 5.32 Å². The van der Waals surface area contributed by atoms with Crippen LogP contribution in [0.4, 0.5) is 11.4 Å². The summed E-state index contributed by atoms with van der Waals surface area (Å²) in [5.41, 5.74) is 1.19. The molecule has 0 radical (unpaired) electrons. The van der Waals surface area contributed by atoms with E-state index in [0.717, 1.165) is 17.8 Å². The highest BCUT2D eigenvalue weighted by molar-refractivity contribution is 7.80. The Morgan fingerprint density at radius 3 is 2.36 bits per heavy atom. The van der Waals surface area contributed by atoms with Crippen LogP contribution in [-0.4, -0.2) is 15.9 Å². The summed E-state index contributed by atoms with van der Waals surface area (Å²) in [6.07, 6.45) is 8.08. The largest absolute Gasteiger partial charge is 0.332 e. The number of hydrogen-bond acceptors (Lipinski definition) is 4. The first-order valence-electron chi connectivity index (χ1n) is 9.78. The van der Waals surface area contributed by atoms with Gasteiger partial charge in [0.15, 0.2) is 5.11 Å². The molecule has 28 heavy (non-hydrogen) atoms. The molecule has 0 aliphatic heterocycles. The first kappa shape index (κ1) is 19.6. The number of nitrogens with zero attached hydrogens (tertiary/aromatic N) is 1. The Labute approximate surface area is 174 Å². The molecule has 0 saturated heterocycles. The fourth-order valence-electron chi connectivity index (χ4n) is 6.11. The Balaban J connectivity index is 1.37. The normalized spacial score (nSPS) is 30.1. The van der Waals surface area contributed by atoms with Gasteiger partial charge in [-0.15, -0.1) is 0 Å². The molecule has 0 atom stereocenters. The zero-order valence-electron chi connectivity index (χ0n) is 15.8. The van der Waals surface area contributed by atoms with Crippen molar-refractivity contribution in [3.63, 3.8) is 0 Å². The third-order valence-corrected chi connectivity index (χ3v) is 7.20. The molecular formula is C20H24ClN3O3S. The van der Waals surface area contributed by atoms with Crippen molar-refractivity contribution in [3.05, 3.63) is 32.8 Å². The van der Waals surface area contributed by atoms with Crippen LogP contribution >= 0.6 is 23.8 Å². The number of halogens is 1. The van der Waals surface area contributed by atoms with E-state index < -0.39 is 4.92 Å². The number of anilines is 1. The summed E-state index contributed by atoms with van der Waals surface area (Å²) in [6, 6.07) is 2.86. The van der Waals surface area contributed by atoms with E-state index in [1.807, 2.05) is 0 Å². The summed E-state index contributed by atoms with van der Waals surface area (Å²) < 4.78 is 0. The van der Waals surface area contributed by atoms with E-state index in [1.165, 1.54) is 50.7 Å². The Morgan fingerprint density at radius 1 is 1.25 bits per heavy atom. The monoisotopic (exact) mass is 421 g/mol. The zero-order chi connectivity index (χ0) is 20.1. The van der Waals surface area contributed by atoms with Gasteiger partial charge in [0.1, 0.15) is 5.02 Å². The summed E-state index contributed by atoms with van der Waals surface area (Å²) in [7, 11) is 0. The van der Waals surface area contributed by atoms with Gasteiger partial charge < -0.3 is 10.6 Å². The number of carbonyl (C=O) groups is 1. The van der Waals surface area contributed by atoms with E-state index in [2.05, 4.69) is 10.6 Å². The van der Waals surface area contributed by atoms with Crippen molar-refractivity contribution < 1.29 is 9.72 Å². The van der Waals surface area contributed by atoms with Crippen molar-refractivity contribution in [2.24, 2.45) is 23.2 Å². The highest BCUT2D eigenvalue weighted by Crippen LogP contribution is 2.61. The third kappa shape index (κ3) is 3.87. The van der Waals surface area contributed by atoms with E-state index >= 15 is 0 Å². The van der Waals surface area contributed by atoms with Crippen LogP contribution in [0.25, 0.3) is 0 Å². The number of nitrogens with one attached hydrogen (secondary N) is 2. The van der Waals surface area contributed by atoms with E-state index in [9.17, 15) is 14.9 Å². The molecule has 4 bridgehead atoms. The van der Waals surface area contributed by atoms with Crippen LogP contribution in [0.1, 0.15) is 50.5 Å². The van der Waals surface area contributed by atoms with Gasteiger partial charge in [0.25, 0.3) is 5.69 Å². The van der Waals surface area contributed by atoms with Crippen LogP contribution in [0.15, 0.2) is 12.1 Å². The van der Waals surface area contributed by atoms with E-state index in [4.69, 9.17) is 23.8 Å². The highest BCUT2D eigenvalue weighted by Gasteiger charge is 2.51. The predicted octanol–water partition coefficient (Wildman–Crippen LogP) is 4.98. The molecule has 4 saturated carbocycles. The molecule has 8 heteroatoms. The minimum Gasteiger partial charge on any atom is -0.332 e. The molecule has 4 aliphatic carbocycles. The Kier molecular flexibility index (Phi) is 5.08. The van der Waals surface area contributed by atoms with Crippen LogP contribution in [0.2, 0.25) is 5.02 Å². The molecule has 0 spiro atoms. The average molecular weight is 422 g/mol. The first-order chi connectivity index (χ1) is 13.2. The van der Waals surface area contributed by atoms with Gasteiger partial charge in [-0.25, -0.2) is 0 Å². The van der Waals surface area contributed by atoms with Crippen LogP contribution < -0.4 is 10.6 Å². The van der Waals surface area contributed by atoms with E-state index in [1.54, 1.807) is 6.92 Å². The van der Waals surface area contributed by atoms with Crippen LogP contribution in [0, 0.1) is 40.2 Å². The van der Waals surface area contributed by atoms with Crippen LogP contribution in [0.3, 0.4) is 0 Å². The number of aryl methyl sites for hydroxylation is 1. The molecule has 4 aliphatic rings. The number of nitro groups is 1. The second kappa shape index (κ2) is 7.26. The molecule has 2 N–H and O–H groups in total. The zero-order valence-corrected chi connectivity index (χ0v) is 17.4. The van der Waals surface area contributed by atoms with Gasteiger partial charge in [0.05, 0.1) is 4.92 Å². The molecule has 1 aromatic carbocycles. The van der Waals surface area contributed by atoms with E-state index in [-0.39, 0.29) is 27.1 Å². The summed E-state index contributed by atoms with van der Waals surface area (Å²) in [4.78, 5) is 23.1. The SMILES string of the molecule is Cc1cc([N+](=O)[O-])c(Cl)cc1NC(=S)NC(=O)CC12CC3CC(CC(C3)C1)C2. The van der Waals surface area contributed by atoms with Crippen molar-refractivity contribution in [1.29, 1.82) is 0 Å². The van der Waals surface area contributed by atoms with Crippen LogP contribution in [-0.2, 0) is 4.79 Å². The number of hydrogen-bond donors (Lipinski definition) is 2. The standard InChI is InChI=1S/C20H24ClN3O3S/c1-11-2-17(24(26)27)15(21)6-16(11)22-19(28)23-18(25)10-20-7-12-3-13(8-20)5-14(4-12)9-20/h2,6,12-14H,3-5,7-10H2,1H3,(H2,22,23,25,28). The molecule has 0 aromatic heterocycles.